The van der Waals surface area contributed by atoms with E-state index in [1.54, 1.807) is 0 Å². The summed E-state index contributed by atoms with van der Waals surface area (Å²) in [7, 11) is 0. The number of hydrogen-bond donors (Lipinski definition) is 0. The Kier molecular flexibility index (Phi) is 8.85. The lowest BCUT2D eigenvalue weighted by Gasteiger charge is -2.35. The second-order valence-corrected chi connectivity index (χ2v) is 18.8. The predicted molar refractivity (Wildman–Crippen MR) is 282 cm³/mol. The van der Waals surface area contributed by atoms with Crippen LogP contribution in [0.2, 0.25) is 0 Å². The summed E-state index contributed by atoms with van der Waals surface area (Å²) in [6.45, 7) is 4.71. The summed E-state index contributed by atoms with van der Waals surface area (Å²) in [6.07, 6.45) is 0. The summed E-state index contributed by atoms with van der Waals surface area (Å²) in [6, 6.07) is 92.6. The first-order chi connectivity index (χ1) is 33.0. The standard InChI is InChI=1S/C66H47N/c1-65(2)61-27-15-13-25-56(61)58-39-33-46(42-63(58)65)44-29-34-50(35-30-44)67(51-36-31-45(32-37-51)60-41-47-17-9-10-22-53(47)54-23-11-12-24-55(54)60)52-38-40-59-57-26-14-16-28-62(57)66(64(59)43-52,48-18-5-3-6-19-48)49-20-7-4-8-21-49/h3-43H,1-2H3. The second-order valence-electron chi connectivity index (χ2n) is 18.8. The maximum atomic E-state index is 2.47. The third-order valence-corrected chi connectivity index (χ3v) is 14.9. The summed E-state index contributed by atoms with van der Waals surface area (Å²) >= 11 is 0. The fraction of sp³-hybridized carbons (Fsp3) is 0.0606. The molecule has 0 aromatic heterocycles. The third-order valence-electron chi connectivity index (χ3n) is 14.9. The first-order valence-electron chi connectivity index (χ1n) is 23.5. The van der Waals surface area contributed by atoms with Crippen molar-refractivity contribution in [1.82, 2.24) is 0 Å². The quantitative estimate of drug-likeness (QED) is 0.144. The van der Waals surface area contributed by atoms with Crippen molar-refractivity contribution in [2.75, 3.05) is 4.90 Å². The molecule has 0 N–H and O–H groups in total. The number of benzene rings is 11. The van der Waals surface area contributed by atoms with Crippen molar-refractivity contribution in [3.05, 3.63) is 282 Å². The van der Waals surface area contributed by atoms with Gasteiger partial charge in [0.25, 0.3) is 0 Å². The van der Waals surface area contributed by atoms with Gasteiger partial charge >= 0.3 is 0 Å². The van der Waals surface area contributed by atoms with Gasteiger partial charge in [0.15, 0.2) is 0 Å². The van der Waals surface area contributed by atoms with Crippen LogP contribution in [0.5, 0.6) is 0 Å². The molecule has 11 aromatic carbocycles. The second kappa shape index (κ2) is 15.2. The van der Waals surface area contributed by atoms with Gasteiger partial charge in [-0.3, -0.25) is 0 Å². The normalized spacial score (nSPS) is 13.8. The highest BCUT2D eigenvalue weighted by molar-refractivity contribution is 6.13. The Morgan fingerprint density at radius 1 is 0.284 bits per heavy atom. The van der Waals surface area contributed by atoms with Crippen molar-refractivity contribution in [3.63, 3.8) is 0 Å². The Balaban J connectivity index is 0.978. The molecule has 2 aliphatic rings. The lowest BCUT2D eigenvalue weighted by atomic mass is 9.67. The van der Waals surface area contributed by atoms with Crippen LogP contribution in [0, 0.1) is 0 Å². The van der Waals surface area contributed by atoms with Gasteiger partial charge < -0.3 is 4.90 Å². The van der Waals surface area contributed by atoms with Gasteiger partial charge in [0, 0.05) is 22.5 Å². The van der Waals surface area contributed by atoms with E-state index in [0.717, 1.165) is 17.1 Å². The zero-order chi connectivity index (χ0) is 44.7. The summed E-state index contributed by atoms with van der Waals surface area (Å²) in [5, 5.41) is 5.06. The van der Waals surface area contributed by atoms with E-state index in [-0.39, 0.29) is 5.41 Å². The molecule has 1 heteroatoms. The van der Waals surface area contributed by atoms with Crippen LogP contribution in [0.1, 0.15) is 47.2 Å². The molecule has 67 heavy (non-hydrogen) atoms. The SMILES string of the molecule is CC1(C)c2ccccc2-c2ccc(-c3ccc(N(c4ccc(-c5cc6ccccc6c6ccccc56)cc4)c4ccc5c(c4)C(c4ccccc4)(c4ccccc4)c4ccccc4-5)cc3)cc21. The first kappa shape index (κ1) is 39.1. The Labute approximate surface area is 392 Å². The Bertz CT molecular complexity index is 3650. The number of nitrogens with zero attached hydrogens (tertiary/aromatic N) is 1. The first-order valence-corrected chi connectivity index (χ1v) is 23.5. The minimum Gasteiger partial charge on any atom is -0.310 e. The van der Waals surface area contributed by atoms with E-state index in [9.17, 15) is 0 Å². The topological polar surface area (TPSA) is 3.24 Å². The summed E-state index contributed by atoms with van der Waals surface area (Å²) < 4.78 is 0. The third kappa shape index (κ3) is 5.94. The lowest BCUT2D eigenvalue weighted by molar-refractivity contribution is 0.660. The average Bonchev–Trinajstić information content (AvgIpc) is 3.82. The molecule has 0 amide bonds. The van der Waals surface area contributed by atoms with E-state index in [1.807, 2.05) is 0 Å². The molecule has 0 bridgehead atoms. The van der Waals surface area contributed by atoms with Crippen LogP contribution in [0.15, 0.2) is 249 Å². The van der Waals surface area contributed by atoms with Gasteiger partial charge in [-0.25, -0.2) is 0 Å². The molecule has 0 atom stereocenters. The molecule has 2 aliphatic carbocycles. The average molecular weight is 854 g/mol. The number of anilines is 3. The monoisotopic (exact) mass is 853 g/mol. The van der Waals surface area contributed by atoms with E-state index in [2.05, 4.69) is 267 Å². The molecule has 0 unspecified atom stereocenters. The van der Waals surface area contributed by atoms with Crippen molar-refractivity contribution in [2.45, 2.75) is 24.7 Å². The zero-order valence-electron chi connectivity index (χ0n) is 37.6. The minimum atomic E-state index is -0.512. The van der Waals surface area contributed by atoms with E-state index < -0.39 is 5.41 Å². The van der Waals surface area contributed by atoms with Crippen molar-refractivity contribution < 1.29 is 0 Å². The fourth-order valence-electron chi connectivity index (χ4n) is 11.8. The predicted octanol–water partition coefficient (Wildman–Crippen LogP) is 17.5. The molecule has 0 heterocycles. The number of rotatable bonds is 7. The molecule has 0 saturated heterocycles. The highest BCUT2D eigenvalue weighted by Gasteiger charge is 2.46. The van der Waals surface area contributed by atoms with Gasteiger partial charge in [-0.15, -0.1) is 0 Å². The van der Waals surface area contributed by atoms with Gasteiger partial charge in [-0.1, -0.05) is 214 Å². The van der Waals surface area contributed by atoms with Crippen LogP contribution in [-0.2, 0) is 10.8 Å². The van der Waals surface area contributed by atoms with Crippen LogP contribution in [-0.4, -0.2) is 0 Å². The highest BCUT2D eigenvalue weighted by Crippen LogP contribution is 2.57. The molecule has 11 aromatic rings. The molecule has 0 spiro atoms. The number of fused-ring (bicyclic) bond motifs is 9. The lowest BCUT2D eigenvalue weighted by Crippen LogP contribution is -2.28. The van der Waals surface area contributed by atoms with E-state index in [4.69, 9.17) is 0 Å². The van der Waals surface area contributed by atoms with Gasteiger partial charge in [0.2, 0.25) is 0 Å². The Morgan fingerprint density at radius 3 is 1.45 bits per heavy atom. The summed E-state index contributed by atoms with van der Waals surface area (Å²) in [5.74, 6) is 0. The molecule has 0 aliphatic heterocycles. The Morgan fingerprint density at radius 2 is 0.761 bits per heavy atom. The van der Waals surface area contributed by atoms with E-state index in [0.29, 0.717) is 0 Å². The molecule has 13 rings (SSSR count). The largest absolute Gasteiger partial charge is 0.310 e. The van der Waals surface area contributed by atoms with Crippen LogP contribution in [0.3, 0.4) is 0 Å². The van der Waals surface area contributed by atoms with Gasteiger partial charge in [-0.2, -0.15) is 0 Å². The van der Waals surface area contributed by atoms with Gasteiger partial charge in [0.05, 0.1) is 5.41 Å². The van der Waals surface area contributed by atoms with E-state index >= 15 is 0 Å². The van der Waals surface area contributed by atoms with Crippen molar-refractivity contribution in [3.8, 4) is 44.5 Å². The van der Waals surface area contributed by atoms with E-state index in [1.165, 1.54) is 99.4 Å². The zero-order valence-corrected chi connectivity index (χ0v) is 37.6. The molecule has 1 nitrogen and oxygen atoms in total. The fourth-order valence-corrected chi connectivity index (χ4v) is 11.8. The highest BCUT2D eigenvalue weighted by atomic mass is 15.1. The summed E-state index contributed by atoms with van der Waals surface area (Å²) in [4.78, 5) is 2.44. The van der Waals surface area contributed by atoms with Crippen molar-refractivity contribution >= 4 is 38.6 Å². The number of hydrogen-bond acceptors (Lipinski definition) is 1. The smallest absolute Gasteiger partial charge is 0.0714 e. The molecular formula is C66H47N. The van der Waals surface area contributed by atoms with Gasteiger partial charge in [0.1, 0.15) is 0 Å². The van der Waals surface area contributed by atoms with Crippen LogP contribution >= 0.6 is 0 Å². The molecule has 0 fully saturated rings. The van der Waals surface area contributed by atoms with Gasteiger partial charge in [-0.05, 0) is 148 Å². The summed E-state index contributed by atoms with van der Waals surface area (Å²) in [5.41, 5.74) is 20.7. The molecular weight excluding hydrogens is 807 g/mol. The van der Waals surface area contributed by atoms with Crippen LogP contribution in [0.4, 0.5) is 17.1 Å². The van der Waals surface area contributed by atoms with Crippen LogP contribution < -0.4 is 4.90 Å². The maximum Gasteiger partial charge on any atom is 0.0714 e. The van der Waals surface area contributed by atoms with Crippen molar-refractivity contribution in [1.29, 1.82) is 0 Å². The molecule has 0 radical (unpaired) electrons. The maximum absolute atomic E-state index is 2.47. The van der Waals surface area contributed by atoms with Crippen LogP contribution in [0.25, 0.3) is 66.1 Å². The molecule has 316 valence electrons. The molecule has 0 saturated carbocycles. The van der Waals surface area contributed by atoms with Crippen molar-refractivity contribution in [2.24, 2.45) is 0 Å². The minimum absolute atomic E-state index is 0.0636. The Hall–Kier alpha value is -8.26.